The molecule has 2 aromatic heterocycles. The maximum Gasteiger partial charge on any atom is 0.267 e. The molecule has 0 aliphatic rings. The van der Waals surface area contributed by atoms with Crippen LogP contribution in [-0.2, 0) is 11.4 Å². The third-order valence-electron chi connectivity index (χ3n) is 3.26. The van der Waals surface area contributed by atoms with Gasteiger partial charge in [-0.1, -0.05) is 10.3 Å². The summed E-state index contributed by atoms with van der Waals surface area (Å²) in [5.41, 5.74) is 1.74. The van der Waals surface area contributed by atoms with Crippen molar-refractivity contribution in [2.24, 2.45) is 5.16 Å². The molecule has 0 saturated carbocycles. The second-order valence-corrected chi connectivity index (χ2v) is 6.39. The Hall–Kier alpha value is -2.87. The molecule has 3 rings (SSSR count). The van der Waals surface area contributed by atoms with Gasteiger partial charge in [0, 0.05) is 16.5 Å². The number of aromatic nitrogens is 2. The van der Waals surface area contributed by atoms with E-state index < -0.39 is 0 Å². The summed E-state index contributed by atoms with van der Waals surface area (Å²) in [6.45, 7) is 4.02. The first-order valence-corrected chi connectivity index (χ1v) is 8.95. The van der Waals surface area contributed by atoms with Crippen LogP contribution in [0.4, 0.5) is 0 Å². The molecule has 26 heavy (non-hydrogen) atoms. The molecule has 0 N–H and O–H groups in total. The molecule has 0 fully saturated rings. The summed E-state index contributed by atoms with van der Waals surface area (Å²) in [5, 5.41) is 11.7. The van der Waals surface area contributed by atoms with Crippen molar-refractivity contribution in [1.82, 2.24) is 10.1 Å². The molecule has 0 radical (unpaired) electrons. The van der Waals surface area contributed by atoms with Crippen LogP contribution in [0, 0.1) is 0 Å². The average molecular weight is 373 g/mol. The largest absolute Gasteiger partial charge is 0.493 e. The molecule has 0 atom stereocenters. The lowest BCUT2D eigenvalue weighted by molar-refractivity contribution is 0.107. The summed E-state index contributed by atoms with van der Waals surface area (Å²) in [6, 6.07) is 7.46. The van der Waals surface area contributed by atoms with E-state index in [1.165, 1.54) is 0 Å². The van der Waals surface area contributed by atoms with E-state index in [0.717, 1.165) is 11.1 Å². The lowest BCUT2D eigenvalue weighted by atomic mass is 10.2. The number of rotatable bonds is 8. The molecule has 0 aliphatic heterocycles. The first kappa shape index (κ1) is 17.9. The molecule has 0 unspecified atom stereocenters. The van der Waals surface area contributed by atoms with Crippen LogP contribution >= 0.6 is 11.3 Å². The van der Waals surface area contributed by atoms with Gasteiger partial charge in [-0.25, -0.2) is 0 Å². The fourth-order valence-electron chi connectivity index (χ4n) is 2.13. The van der Waals surface area contributed by atoms with Crippen LogP contribution in [0.15, 0.2) is 44.7 Å². The van der Waals surface area contributed by atoms with Gasteiger partial charge in [-0.15, -0.1) is 0 Å². The highest BCUT2D eigenvalue weighted by Gasteiger charge is 2.09. The maximum atomic E-state index is 5.68. The standard InChI is InChI=1S/C18H19N3O4S/c1-12(2)24-15-5-4-13(8-16(15)22-3)9-19-23-10-17-20-18(21-25-17)14-6-7-26-11-14/h4-9,11-12H,10H2,1-3H3/b19-9-. The molecule has 1 aromatic carbocycles. The number of benzene rings is 1. The second kappa shape index (κ2) is 8.48. The monoisotopic (exact) mass is 373 g/mol. The minimum absolute atomic E-state index is 0.0696. The van der Waals surface area contributed by atoms with Crippen molar-refractivity contribution >= 4 is 17.6 Å². The molecule has 136 valence electrons. The van der Waals surface area contributed by atoms with Gasteiger partial charge < -0.3 is 18.8 Å². The van der Waals surface area contributed by atoms with Gasteiger partial charge in [0.05, 0.1) is 19.4 Å². The average Bonchev–Trinajstić information content (AvgIpc) is 3.30. The van der Waals surface area contributed by atoms with Crippen molar-refractivity contribution < 1.29 is 18.8 Å². The van der Waals surface area contributed by atoms with E-state index in [1.54, 1.807) is 24.7 Å². The van der Waals surface area contributed by atoms with Gasteiger partial charge in [-0.05, 0) is 43.5 Å². The lowest BCUT2D eigenvalue weighted by Crippen LogP contribution is -2.06. The first-order chi connectivity index (χ1) is 12.7. The molecule has 0 aliphatic carbocycles. The van der Waals surface area contributed by atoms with E-state index in [0.29, 0.717) is 23.2 Å². The van der Waals surface area contributed by atoms with E-state index in [4.69, 9.17) is 18.8 Å². The Kier molecular flexibility index (Phi) is 5.85. The van der Waals surface area contributed by atoms with Gasteiger partial charge in [0.2, 0.25) is 5.82 Å². The minimum Gasteiger partial charge on any atom is -0.493 e. The van der Waals surface area contributed by atoms with Gasteiger partial charge in [-0.3, -0.25) is 0 Å². The summed E-state index contributed by atoms with van der Waals surface area (Å²) in [4.78, 5) is 9.48. The minimum atomic E-state index is 0.0696. The number of thiophene rings is 1. The van der Waals surface area contributed by atoms with Crippen LogP contribution < -0.4 is 9.47 Å². The van der Waals surface area contributed by atoms with E-state index in [9.17, 15) is 0 Å². The predicted octanol–water partition coefficient (Wildman–Crippen LogP) is 4.14. The Balaban J connectivity index is 1.57. The zero-order valence-electron chi connectivity index (χ0n) is 14.7. The first-order valence-electron chi connectivity index (χ1n) is 8.01. The molecule has 7 nitrogen and oxygen atoms in total. The van der Waals surface area contributed by atoms with Gasteiger partial charge in [0.15, 0.2) is 18.1 Å². The van der Waals surface area contributed by atoms with Crippen LogP contribution in [0.2, 0.25) is 0 Å². The van der Waals surface area contributed by atoms with Crippen LogP contribution in [0.1, 0.15) is 25.3 Å². The van der Waals surface area contributed by atoms with Crippen LogP contribution in [0.5, 0.6) is 11.5 Å². The maximum absolute atomic E-state index is 5.68. The summed E-state index contributed by atoms with van der Waals surface area (Å²) in [5.74, 6) is 2.23. The van der Waals surface area contributed by atoms with Gasteiger partial charge >= 0.3 is 0 Å². The fourth-order valence-corrected chi connectivity index (χ4v) is 2.76. The van der Waals surface area contributed by atoms with Crippen molar-refractivity contribution in [3.05, 3.63) is 46.5 Å². The second-order valence-electron chi connectivity index (χ2n) is 5.61. The number of nitrogens with zero attached hydrogens (tertiary/aromatic N) is 3. The molecular weight excluding hydrogens is 354 g/mol. The Bertz CT molecular complexity index is 859. The van der Waals surface area contributed by atoms with Crippen LogP contribution in [0.3, 0.4) is 0 Å². The summed E-state index contributed by atoms with van der Waals surface area (Å²) < 4.78 is 16.2. The van der Waals surface area contributed by atoms with E-state index >= 15 is 0 Å². The molecule has 0 amide bonds. The Morgan fingerprint density at radius 1 is 1.27 bits per heavy atom. The molecule has 0 spiro atoms. The normalized spacial score (nSPS) is 11.2. The van der Waals surface area contributed by atoms with Crippen LogP contribution in [0.25, 0.3) is 11.4 Å². The van der Waals surface area contributed by atoms with Crippen molar-refractivity contribution in [3.63, 3.8) is 0 Å². The number of hydrogen-bond donors (Lipinski definition) is 0. The molecule has 8 heteroatoms. The molecule has 2 heterocycles. The van der Waals surface area contributed by atoms with Gasteiger partial charge in [0.25, 0.3) is 5.89 Å². The zero-order valence-corrected chi connectivity index (χ0v) is 15.5. The van der Waals surface area contributed by atoms with Crippen molar-refractivity contribution in [1.29, 1.82) is 0 Å². The molecule has 0 bridgehead atoms. The number of methoxy groups -OCH3 is 1. The number of ether oxygens (including phenoxy) is 2. The van der Waals surface area contributed by atoms with Crippen molar-refractivity contribution in [2.45, 2.75) is 26.6 Å². The molecule has 3 aromatic rings. The van der Waals surface area contributed by atoms with Gasteiger partial charge in [0.1, 0.15) is 0 Å². The fraction of sp³-hybridized carbons (Fsp3) is 0.278. The third-order valence-corrected chi connectivity index (χ3v) is 3.95. The lowest BCUT2D eigenvalue weighted by Gasteiger charge is -2.13. The number of hydrogen-bond acceptors (Lipinski definition) is 8. The Morgan fingerprint density at radius 3 is 2.88 bits per heavy atom. The SMILES string of the molecule is COc1cc(/C=N\OCc2nc(-c3ccsc3)no2)ccc1OC(C)C. The Morgan fingerprint density at radius 2 is 2.15 bits per heavy atom. The molecular formula is C18H19N3O4S. The van der Waals surface area contributed by atoms with E-state index in [2.05, 4.69) is 15.3 Å². The quantitative estimate of drug-likeness (QED) is 0.436. The van der Waals surface area contributed by atoms with Crippen molar-refractivity contribution in [3.8, 4) is 22.9 Å². The molecule has 0 saturated heterocycles. The van der Waals surface area contributed by atoms with Crippen molar-refractivity contribution in [2.75, 3.05) is 7.11 Å². The summed E-state index contributed by atoms with van der Waals surface area (Å²) in [6.07, 6.45) is 1.65. The smallest absolute Gasteiger partial charge is 0.267 e. The third kappa shape index (κ3) is 4.60. The Labute approximate surface area is 155 Å². The highest BCUT2D eigenvalue weighted by Crippen LogP contribution is 2.28. The number of oxime groups is 1. The zero-order chi connectivity index (χ0) is 18.4. The summed E-state index contributed by atoms with van der Waals surface area (Å²) in [7, 11) is 1.60. The van der Waals surface area contributed by atoms with E-state index in [1.807, 2.05) is 48.9 Å². The highest BCUT2D eigenvalue weighted by atomic mass is 32.1. The predicted molar refractivity (Wildman–Crippen MR) is 98.8 cm³/mol. The van der Waals surface area contributed by atoms with Crippen LogP contribution in [-0.4, -0.2) is 29.6 Å². The topological polar surface area (TPSA) is 79.0 Å². The highest BCUT2D eigenvalue weighted by molar-refractivity contribution is 7.08. The van der Waals surface area contributed by atoms with Gasteiger partial charge in [-0.2, -0.15) is 16.3 Å². The summed E-state index contributed by atoms with van der Waals surface area (Å²) >= 11 is 1.57. The van der Waals surface area contributed by atoms with E-state index in [-0.39, 0.29) is 12.7 Å².